The van der Waals surface area contributed by atoms with Gasteiger partial charge in [-0.1, -0.05) is 38.6 Å². The maximum atomic E-state index is 14.0. The standard InChI is InChI=1S/C43H45N5O8/c1-7-26-20(3)30-17-32-22(5)28(13-14-38(51)52)40(47-32)29(16-37(50)46-36(42(53)54)15-24-9-11-25(49)12-10-24)41-39(43(55)56)23(6)33(48-41)19-35-27(8-2)21(4)31(45-35)18-34(26)44-30/h7,9-12,17-19,22,28,36,44-45,49H,1,8,13-16H2,2-6H3,(H,46,50)(H,51,52)(H,53,54)(H,55,56)/p-3/t22-,28-,36?/m0/s1. The molecule has 2 aliphatic heterocycles. The van der Waals surface area contributed by atoms with Crippen molar-refractivity contribution in [2.24, 2.45) is 0 Å². The zero-order valence-electron chi connectivity index (χ0n) is 31.8. The van der Waals surface area contributed by atoms with Gasteiger partial charge in [-0.2, -0.15) is 0 Å². The summed E-state index contributed by atoms with van der Waals surface area (Å²) in [5.74, 6) is -6.27. The zero-order valence-corrected chi connectivity index (χ0v) is 31.8. The predicted molar refractivity (Wildman–Crippen MR) is 205 cm³/mol. The number of fused-ring (bicyclic) bond motifs is 8. The Morgan fingerprint density at radius 1 is 0.929 bits per heavy atom. The number of carbonyl (C=O) groups is 4. The van der Waals surface area contributed by atoms with Crippen LogP contribution in [0.4, 0.5) is 0 Å². The molecule has 0 fully saturated rings. The predicted octanol–water partition coefficient (Wildman–Crippen LogP) is 2.96. The lowest BCUT2D eigenvalue weighted by Crippen LogP contribution is -2.49. The maximum Gasteiger partial charge on any atom is 0.225 e. The molecule has 0 radical (unpaired) electrons. The van der Waals surface area contributed by atoms with Crippen LogP contribution in [0.2, 0.25) is 0 Å². The Kier molecular flexibility index (Phi) is 11.0. The van der Waals surface area contributed by atoms with Gasteiger partial charge in [0.15, 0.2) is 0 Å². The summed E-state index contributed by atoms with van der Waals surface area (Å²) in [4.78, 5) is 67.9. The Labute approximate surface area is 322 Å². The SMILES string of the molecule is C=Cc1c(C)c2cc3nc(c(CC(=O)NC(Cc4ccc(O)cc4)C(=O)[O-])c4nc(cc5[nH]c(cc1[nH]2)c(C)c5CC)C(C)=C4C(=O)[O-])[C@@H](CCC(=O)[O-])[C@@H]3C. The lowest BCUT2D eigenvalue weighted by atomic mass is 9.84. The number of phenols is 1. The largest absolute Gasteiger partial charge is 0.550 e. The third kappa shape index (κ3) is 7.57. The molecule has 3 aromatic heterocycles. The van der Waals surface area contributed by atoms with Gasteiger partial charge in [0.1, 0.15) is 5.75 Å². The molecular formula is C43H42N5O8-3. The van der Waals surface area contributed by atoms with E-state index in [2.05, 4.69) is 21.9 Å². The molecule has 5 heterocycles. The van der Waals surface area contributed by atoms with Gasteiger partial charge < -0.3 is 50.1 Å². The maximum absolute atomic E-state index is 14.0. The van der Waals surface area contributed by atoms with Crippen molar-refractivity contribution in [3.05, 3.63) is 105 Å². The summed E-state index contributed by atoms with van der Waals surface area (Å²) in [6.45, 7) is 13.5. The molecule has 4 aromatic rings. The van der Waals surface area contributed by atoms with Crippen molar-refractivity contribution >= 4 is 63.1 Å². The number of H-pyrrole nitrogens is 2. The van der Waals surface area contributed by atoms with Crippen molar-refractivity contribution in [1.29, 1.82) is 0 Å². The quantitative estimate of drug-likeness (QED) is 0.165. The van der Waals surface area contributed by atoms with E-state index in [1.54, 1.807) is 19.1 Å². The molecule has 0 aliphatic carbocycles. The van der Waals surface area contributed by atoms with Gasteiger partial charge in [-0.05, 0) is 105 Å². The second-order valence-corrected chi connectivity index (χ2v) is 14.4. The molecule has 56 heavy (non-hydrogen) atoms. The summed E-state index contributed by atoms with van der Waals surface area (Å²) in [7, 11) is 0. The second kappa shape index (κ2) is 15.7. The number of benzene rings is 1. The Morgan fingerprint density at radius 2 is 1.61 bits per heavy atom. The van der Waals surface area contributed by atoms with Gasteiger partial charge >= 0.3 is 0 Å². The first-order chi connectivity index (χ1) is 26.6. The van der Waals surface area contributed by atoms with Crippen LogP contribution in [0.1, 0.15) is 102 Å². The van der Waals surface area contributed by atoms with Crippen molar-refractivity contribution in [2.75, 3.05) is 0 Å². The number of aryl methyl sites for hydroxylation is 3. The van der Waals surface area contributed by atoms with Crippen LogP contribution in [0, 0.1) is 13.8 Å². The number of aliphatic carboxylic acids is 3. The third-order valence-electron chi connectivity index (χ3n) is 10.9. The number of carboxylic acid groups (broad SMARTS) is 3. The van der Waals surface area contributed by atoms with Gasteiger partial charge in [0.05, 0.1) is 41.5 Å². The van der Waals surface area contributed by atoms with Crippen LogP contribution in [0.3, 0.4) is 0 Å². The number of rotatable bonds is 12. The smallest absolute Gasteiger partial charge is 0.225 e. The molecule has 4 N–H and O–H groups in total. The first kappa shape index (κ1) is 39.2. The molecule has 1 aromatic carbocycles. The first-order valence-electron chi connectivity index (χ1n) is 18.4. The molecule has 13 nitrogen and oxygen atoms in total. The molecule has 6 rings (SSSR count). The molecular weight excluding hydrogens is 715 g/mol. The fourth-order valence-electron chi connectivity index (χ4n) is 7.82. The molecule has 13 heteroatoms. The van der Waals surface area contributed by atoms with Gasteiger partial charge in [-0.15, -0.1) is 0 Å². The van der Waals surface area contributed by atoms with Gasteiger partial charge in [0.2, 0.25) is 5.91 Å². The highest BCUT2D eigenvalue weighted by Gasteiger charge is 2.34. The fraction of sp³-hybridized carbons (Fsp3) is 0.302. The highest BCUT2D eigenvalue weighted by molar-refractivity contribution is 6.23. The number of allylic oxidation sites excluding steroid dienone is 1. The Hall–Kier alpha value is -6.50. The number of phenolic OH excluding ortho intramolecular Hbond substituents is 1. The normalized spacial score (nSPS) is 15.7. The van der Waals surface area contributed by atoms with E-state index in [1.807, 2.05) is 39.8 Å². The van der Waals surface area contributed by atoms with Gasteiger partial charge in [0, 0.05) is 62.3 Å². The Morgan fingerprint density at radius 3 is 2.23 bits per heavy atom. The zero-order chi connectivity index (χ0) is 40.6. The van der Waals surface area contributed by atoms with Crippen LogP contribution in [-0.4, -0.2) is 54.9 Å². The molecule has 0 saturated heterocycles. The molecule has 2 aliphatic rings. The third-order valence-corrected chi connectivity index (χ3v) is 10.9. The first-order valence-corrected chi connectivity index (χ1v) is 18.4. The van der Waals surface area contributed by atoms with E-state index < -0.39 is 48.1 Å². The molecule has 290 valence electrons. The summed E-state index contributed by atoms with van der Waals surface area (Å²) in [5.41, 5.74) is 8.34. The summed E-state index contributed by atoms with van der Waals surface area (Å²) < 4.78 is 0. The summed E-state index contributed by atoms with van der Waals surface area (Å²) >= 11 is 0. The number of aromatic amines is 2. The average molecular weight is 757 g/mol. The van der Waals surface area contributed by atoms with E-state index in [9.17, 15) is 39.6 Å². The fourth-order valence-corrected chi connectivity index (χ4v) is 7.82. The number of aromatic nitrogens is 4. The average Bonchev–Trinajstić information content (AvgIpc) is 3.83. The van der Waals surface area contributed by atoms with Gasteiger partial charge in [0.25, 0.3) is 0 Å². The number of hydrogen-bond donors (Lipinski definition) is 4. The molecule has 1 amide bonds. The van der Waals surface area contributed by atoms with Crippen LogP contribution >= 0.6 is 0 Å². The summed E-state index contributed by atoms with van der Waals surface area (Å²) in [6, 6.07) is 9.91. The second-order valence-electron chi connectivity index (χ2n) is 14.4. The molecule has 8 bridgehead atoms. The minimum Gasteiger partial charge on any atom is -0.550 e. The number of aromatic hydroxyl groups is 1. The number of hydrogen-bond acceptors (Lipinski definition) is 10. The summed E-state index contributed by atoms with van der Waals surface area (Å²) in [5, 5.41) is 49.3. The lowest BCUT2D eigenvalue weighted by Gasteiger charge is -2.22. The highest BCUT2D eigenvalue weighted by atomic mass is 16.4. The van der Waals surface area contributed by atoms with Crippen LogP contribution in [-0.2, 0) is 38.4 Å². The lowest BCUT2D eigenvalue weighted by molar-refractivity contribution is -0.308. The summed E-state index contributed by atoms with van der Waals surface area (Å²) in [6.07, 6.45) is 1.36. The Balaban J connectivity index is 1.67. The van der Waals surface area contributed by atoms with Crippen molar-refractivity contribution in [3.8, 4) is 5.75 Å². The number of nitrogens with one attached hydrogen (secondary N) is 3. The Bertz CT molecular complexity index is 2490. The van der Waals surface area contributed by atoms with E-state index in [0.717, 1.165) is 38.8 Å². The van der Waals surface area contributed by atoms with Crippen LogP contribution in [0.25, 0.3) is 39.3 Å². The van der Waals surface area contributed by atoms with Crippen molar-refractivity contribution in [2.45, 2.75) is 84.6 Å². The molecule has 0 spiro atoms. The van der Waals surface area contributed by atoms with Crippen molar-refractivity contribution < 1.29 is 39.6 Å². The number of carbonyl (C=O) groups excluding carboxylic acids is 4. The molecule has 3 atom stereocenters. The van der Waals surface area contributed by atoms with E-state index in [0.29, 0.717) is 28.9 Å². The van der Waals surface area contributed by atoms with E-state index in [4.69, 9.17) is 9.97 Å². The molecule has 0 saturated carbocycles. The van der Waals surface area contributed by atoms with Crippen LogP contribution < -0.4 is 20.6 Å². The number of nitrogens with zero attached hydrogens (tertiary/aromatic N) is 2. The minimum absolute atomic E-state index is 0.0191. The van der Waals surface area contributed by atoms with Crippen LogP contribution in [0.15, 0.2) is 49.0 Å². The topological polar surface area (TPSA) is 227 Å². The van der Waals surface area contributed by atoms with Gasteiger partial charge in [-0.3, -0.25) is 9.78 Å². The number of amides is 1. The van der Waals surface area contributed by atoms with Crippen molar-refractivity contribution in [3.63, 3.8) is 0 Å². The van der Waals surface area contributed by atoms with Crippen molar-refractivity contribution in [1.82, 2.24) is 25.3 Å². The highest BCUT2D eigenvalue weighted by Crippen LogP contribution is 2.43. The van der Waals surface area contributed by atoms with E-state index in [-0.39, 0.29) is 53.1 Å². The van der Waals surface area contributed by atoms with Gasteiger partial charge in [-0.25, -0.2) is 4.98 Å². The van der Waals surface area contributed by atoms with Crippen LogP contribution in [0.5, 0.6) is 5.75 Å². The monoisotopic (exact) mass is 756 g/mol. The van der Waals surface area contributed by atoms with E-state index >= 15 is 0 Å². The van der Waals surface area contributed by atoms with E-state index in [1.165, 1.54) is 24.3 Å². The minimum atomic E-state index is -1.56. The molecule has 1 unspecified atom stereocenters. The number of carboxylic acids is 3.